The molecule has 148 valence electrons. The second-order valence-corrected chi connectivity index (χ2v) is 7.00. The van der Waals surface area contributed by atoms with Crippen molar-refractivity contribution in [1.82, 2.24) is 0 Å². The zero-order chi connectivity index (χ0) is 20.3. The van der Waals surface area contributed by atoms with Crippen LogP contribution in [0.5, 0.6) is 5.75 Å². The molecule has 0 aromatic heterocycles. The average molecular weight is 407 g/mol. The molecule has 0 saturated heterocycles. The summed E-state index contributed by atoms with van der Waals surface area (Å²) < 4.78 is 89.8. The summed E-state index contributed by atoms with van der Waals surface area (Å²) in [5.74, 6) is -14.7. The highest BCUT2D eigenvalue weighted by Crippen LogP contribution is 2.38. The monoisotopic (exact) mass is 407 g/mol. The fourth-order valence-electron chi connectivity index (χ4n) is 1.64. The van der Waals surface area contributed by atoms with Crippen molar-refractivity contribution >= 4 is 13.8 Å². The van der Waals surface area contributed by atoms with Gasteiger partial charge in [-0.1, -0.05) is 0 Å². The van der Waals surface area contributed by atoms with E-state index in [9.17, 15) is 36.2 Å². The lowest BCUT2D eigenvalue weighted by Crippen LogP contribution is -2.46. The topological polar surface area (TPSA) is 84.9 Å². The number of hydrogen-bond acceptors (Lipinski definition) is 6. The number of benzene rings is 1. The molecule has 0 aliphatic rings. The van der Waals surface area contributed by atoms with Crippen molar-refractivity contribution < 1.29 is 54.5 Å². The molecule has 26 heavy (non-hydrogen) atoms. The fraction of sp³-hybridized carbons (Fsp3) is 0.462. The number of carbonyl (C=O) groups excluding carboxylic acids is 1. The number of carbonyl (C=O) groups is 1. The first kappa shape index (κ1) is 22.5. The smallest absolute Gasteiger partial charge is 0.367 e. The van der Waals surface area contributed by atoms with Gasteiger partial charge in [-0.3, -0.25) is 13.6 Å². The molecule has 0 heterocycles. The van der Waals surface area contributed by atoms with Crippen LogP contribution in [0.15, 0.2) is 0 Å². The van der Waals surface area contributed by atoms with Crippen LogP contribution in [-0.4, -0.2) is 44.4 Å². The van der Waals surface area contributed by atoms with Crippen LogP contribution in [0.25, 0.3) is 0 Å². The highest BCUT2D eigenvalue weighted by molar-refractivity contribution is 7.45. The number of nitrogens with zero attached hydrogens (tertiary/aromatic N) is 1. The summed E-state index contributed by atoms with van der Waals surface area (Å²) in [7, 11) is -2.04. The summed E-state index contributed by atoms with van der Waals surface area (Å²) in [6.45, 7) is -0.121. The van der Waals surface area contributed by atoms with Crippen molar-refractivity contribution in [2.75, 3.05) is 34.0 Å². The highest BCUT2D eigenvalue weighted by Gasteiger charge is 2.31. The Morgan fingerprint density at radius 1 is 1.00 bits per heavy atom. The largest absolute Gasteiger partial charge is 0.756 e. The Morgan fingerprint density at radius 2 is 1.46 bits per heavy atom. The summed E-state index contributed by atoms with van der Waals surface area (Å²) in [5, 5.41) is 0. The van der Waals surface area contributed by atoms with E-state index < -0.39 is 66.4 Å². The Balaban J connectivity index is 2.85. The van der Waals surface area contributed by atoms with Gasteiger partial charge in [0.2, 0.25) is 34.8 Å². The summed E-state index contributed by atoms with van der Waals surface area (Å²) >= 11 is 0. The van der Waals surface area contributed by atoms with E-state index in [1.807, 2.05) is 0 Å². The molecule has 1 aromatic rings. The van der Waals surface area contributed by atoms with Crippen molar-refractivity contribution in [2.45, 2.75) is 6.92 Å². The molecular formula is C13H15F5NO6P. The van der Waals surface area contributed by atoms with Crippen LogP contribution in [0.3, 0.4) is 0 Å². The van der Waals surface area contributed by atoms with E-state index >= 15 is 0 Å². The molecule has 1 unspecified atom stereocenters. The van der Waals surface area contributed by atoms with Crippen LogP contribution in [0.1, 0.15) is 6.92 Å². The van der Waals surface area contributed by atoms with Gasteiger partial charge in [0.15, 0.2) is 13.3 Å². The molecular weight excluding hydrogens is 392 g/mol. The molecule has 0 spiro atoms. The molecule has 0 aliphatic heterocycles. The first-order valence-electron chi connectivity index (χ1n) is 6.95. The van der Waals surface area contributed by atoms with Gasteiger partial charge in [0.1, 0.15) is 0 Å². The van der Waals surface area contributed by atoms with Crippen LogP contribution in [0.4, 0.5) is 22.0 Å². The summed E-state index contributed by atoms with van der Waals surface area (Å²) in [6.07, 6.45) is 0. The number of likely N-dealkylation sites (N-methyl/N-ethyl adjacent to an activating group) is 1. The van der Waals surface area contributed by atoms with E-state index in [-0.39, 0.29) is 6.61 Å². The van der Waals surface area contributed by atoms with Crippen molar-refractivity contribution in [2.24, 2.45) is 0 Å². The van der Waals surface area contributed by atoms with Gasteiger partial charge in [-0.25, -0.2) is 18.0 Å². The summed E-state index contributed by atoms with van der Waals surface area (Å²) in [6, 6.07) is 0. The number of esters is 1. The fourth-order valence-corrected chi connectivity index (χ4v) is 2.48. The normalized spacial score (nSPS) is 14.2. The van der Waals surface area contributed by atoms with Crippen molar-refractivity contribution in [1.29, 1.82) is 0 Å². The predicted octanol–water partition coefficient (Wildman–Crippen LogP) is 1.84. The van der Waals surface area contributed by atoms with Gasteiger partial charge in [0.25, 0.3) is 7.82 Å². The number of hydrogen-bond donors (Lipinski definition) is 0. The Labute approximate surface area is 145 Å². The van der Waals surface area contributed by atoms with Crippen LogP contribution in [0, 0.1) is 29.1 Å². The molecule has 7 nitrogen and oxygen atoms in total. The number of halogens is 5. The SMILES string of the molecule is CCOP(=O)([O-])OC[N+](C)(C)CC(=O)Oc1c(F)c(F)c(F)c(F)c1F. The standard InChI is InChI=1S/C13H15F5NO6P/c1-4-23-26(21,22)24-6-19(2,3)5-7(20)25-13-11(17)9(15)8(14)10(16)12(13)18/h4-6H2,1-3H3. The maximum absolute atomic E-state index is 13.5. The Morgan fingerprint density at radius 3 is 1.92 bits per heavy atom. The zero-order valence-electron chi connectivity index (χ0n) is 13.9. The van der Waals surface area contributed by atoms with Gasteiger partial charge in [-0.05, 0) is 6.92 Å². The lowest BCUT2D eigenvalue weighted by Gasteiger charge is -2.31. The van der Waals surface area contributed by atoms with E-state index in [1.54, 1.807) is 0 Å². The number of ether oxygens (including phenoxy) is 1. The first-order valence-corrected chi connectivity index (χ1v) is 8.41. The molecule has 1 atom stereocenters. The van der Waals surface area contributed by atoms with Gasteiger partial charge >= 0.3 is 5.97 Å². The zero-order valence-corrected chi connectivity index (χ0v) is 14.7. The summed E-state index contributed by atoms with van der Waals surface area (Å²) in [4.78, 5) is 23.0. The van der Waals surface area contributed by atoms with E-state index in [1.165, 1.54) is 21.0 Å². The maximum atomic E-state index is 13.5. The molecule has 0 saturated carbocycles. The van der Waals surface area contributed by atoms with Gasteiger partial charge < -0.3 is 14.2 Å². The lowest BCUT2D eigenvalue weighted by atomic mass is 10.2. The van der Waals surface area contributed by atoms with Gasteiger partial charge in [0, 0.05) is 0 Å². The minimum absolute atomic E-state index is 0.184. The molecule has 0 amide bonds. The van der Waals surface area contributed by atoms with Gasteiger partial charge in [-0.15, -0.1) is 0 Å². The van der Waals surface area contributed by atoms with Crippen LogP contribution < -0.4 is 9.63 Å². The third kappa shape index (κ3) is 5.71. The third-order valence-electron chi connectivity index (χ3n) is 2.80. The number of rotatable bonds is 8. The van der Waals surface area contributed by atoms with E-state index in [4.69, 9.17) is 0 Å². The number of quaternary nitrogens is 1. The second-order valence-electron chi connectivity index (χ2n) is 5.59. The van der Waals surface area contributed by atoms with E-state index in [0.29, 0.717) is 0 Å². The molecule has 0 radical (unpaired) electrons. The second kappa shape index (κ2) is 8.40. The maximum Gasteiger partial charge on any atom is 0.367 e. The average Bonchev–Trinajstić information content (AvgIpc) is 2.53. The first-order chi connectivity index (χ1) is 11.8. The van der Waals surface area contributed by atoms with Crippen LogP contribution in [0.2, 0.25) is 0 Å². The van der Waals surface area contributed by atoms with Gasteiger partial charge in [0.05, 0.1) is 20.7 Å². The molecule has 0 N–H and O–H groups in total. The third-order valence-corrected chi connectivity index (χ3v) is 3.80. The number of phosphoric ester groups is 1. The molecule has 0 fully saturated rings. The summed E-state index contributed by atoms with van der Waals surface area (Å²) in [5.41, 5.74) is 0. The molecule has 1 rings (SSSR count). The molecule has 1 aromatic carbocycles. The molecule has 0 bridgehead atoms. The number of phosphoric acid groups is 1. The van der Waals surface area contributed by atoms with Gasteiger partial charge in [-0.2, -0.15) is 8.78 Å². The van der Waals surface area contributed by atoms with Crippen LogP contribution in [-0.2, 0) is 18.4 Å². The van der Waals surface area contributed by atoms with Crippen molar-refractivity contribution in [3.8, 4) is 5.75 Å². The lowest BCUT2D eigenvalue weighted by molar-refractivity contribution is -0.899. The molecule has 13 heteroatoms. The molecule has 0 aliphatic carbocycles. The quantitative estimate of drug-likeness (QED) is 0.0956. The Bertz CT molecular complexity index is 715. The van der Waals surface area contributed by atoms with E-state index in [0.717, 1.165) is 0 Å². The van der Waals surface area contributed by atoms with Crippen molar-refractivity contribution in [3.63, 3.8) is 0 Å². The van der Waals surface area contributed by atoms with E-state index in [2.05, 4.69) is 13.8 Å². The Hall–Kier alpha value is -1.59. The highest BCUT2D eigenvalue weighted by atomic mass is 31.2. The Kier molecular flexibility index (Phi) is 7.25. The van der Waals surface area contributed by atoms with Crippen LogP contribution >= 0.6 is 7.82 Å². The minimum Gasteiger partial charge on any atom is -0.756 e. The predicted molar refractivity (Wildman–Crippen MR) is 74.0 cm³/mol. The van der Waals surface area contributed by atoms with Crippen molar-refractivity contribution in [3.05, 3.63) is 29.1 Å². The minimum atomic E-state index is -4.61.